The Bertz CT molecular complexity index is 551. The van der Waals surface area contributed by atoms with Crippen molar-refractivity contribution in [2.45, 2.75) is 38.9 Å². The minimum Gasteiger partial charge on any atom is -0.0936 e. The maximum absolute atomic E-state index is 2.56. The molecule has 0 saturated carbocycles. The van der Waals surface area contributed by atoms with Crippen LogP contribution in [0.15, 0.2) is 48.2 Å². The first kappa shape index (κ1) is 14.1. The van der Waals surface area contributed by atoms with E-state index >= 15 is 0 Å². The van der Waals surface area contributed by atoms with Gasteiger partial charge in [0.2, 0.25) is 0 Å². The third kappa shape index (κ3) is 2.98. The molecule has 0 aliphatic heterocycles. The van der Waals surface area contributed by atoms with Crippen LogP contribution in [0, 0.1) is 0 Å². The zero-order valence-electron chi connectivity index (χ0n) is 12.3. The van der Waals surface area contributed by atoms with Gasteiger partial charge in [-0.1, -0.05) is 93.1 Å². The number of fused-ring (bicyclic) bond motifs is 1. The summed E-state index contributed by atoms with van der Waals surface area (Å²) in [4.78, 5) is 0. The molecule has 2 rings (SSSR count). The second-order valence-corrected chi connectivity index (χ2v) is 10.5. The smallest absolute Gasteiger partial charge is 0.0770 e. The van der Waals surface area contributed by atoms with Crippen molar-refractivity contribution < 1.29 is 0 Å². The molecule has 0 bridgehead atoms. The van der Waals surface area contributed by atoms with E-state index in [2.05, 4.69) is 75.0 Å². The van der Waals surface area contributed by atoms with Gasteiger partial charge in [0.15, 0.2) is 0 Å². The molecule has 2 aromatic carbocycles. The molecule has 100 valence electrons. The zero-order valence-corrected chi connectivity index (χ0v) is 13.3. The summed E-state index contributed by atoms with van der Waals surface area (Å²) in [6.07, 6.45) is 2.38. The molecule has 2 aromatic rings. The molecule has 19 heavy (non-hydrogen) atoms. The first-order chi connectivity index (χ1) is 9.24. The van der Waals surface area contributed by atoms with E-state index in [4.69, 9.17) is 0 Å². The highest BCUT2D eigenvalue weighted by molar-refractivity contribution is 6.84. The third-order valence-electron chi connectivity index (χ3n) is 4.55. The topological polar surface area (TPSA) is 0 Å². The summed E-state index contributed by atoms with van der Waals surface area (Å²) >= 11 is 0. The monoisotopic (exact) mass is 268 g/mol. The highest BCUT2D eigenvalue weighted by Gasteiger charge is 2.22. The molecule has 0 spiro atoms. The van der Waals surface area contributed by atoms with Crippen molar-refractivity contribution >= 4 is 24.9 Å². The molecule has 0 aromatic heterocycles. The van der Waals surface area contributed by atoms with Gasteiger partial charge in [-0.3, -0.25) is 0 Å². The summed E-state index contributed by atoms with van der Waals surface area (Å²) in [6, 6.07) is 19.3. The molecule has 0 aliphatic carbocycles. The first-order valence-corrected chi connectivity index (χ1v) is 10.1. The third-order valence-corrected chi connectivity index (χ3v) is 9.65. The Balaban J connectivity index is 2.40. The van der Waals surface area contributed by atoms with Gasteiger partial charge >= 0.3 is 0 Å². The van der Waals surface area contributed by atoms with Crippen molar-refractivity contribution in [2.75, 3.05) is 0 Å². The van der Waals surface area contributed by atoms with E-state index in [9.17, 15) is 0 Å². The zero-order chi connectivity index (χ0) is 13.7. The molecule has 0 unspecified atom stereocenters. The Morgan fingerprint density at radius 3 is 2.16 bits per heavy atom. The van der Waals surface area contributed by atoms with Crippen LogP contribution in [-0.2, 0) is 0 Å². The van der Waals surface area contributed by atoms with Gasteiger partial charge < -0.3 is 0 Å². The molecule has 0 radical (unpaired) electrons. The van der Waals surface area contributed by atoms with Gasteiger partial charge in [0, 0.05) is 0 Å². The van der Waals surface area contributed by atoms with Crippen LogP contribution >= 0.6 is 0 Å². The van der Waals surface area contributed by atoms with Crippen LogP contribution in [0.25, 0.3) is 16.8 Å². The van der Waals surface area contributed by atoms with Gasteiger partial charge in [0.25, 0.3) is 0 Å². The van der Waals surface area contributed by atoms with Crippen LogP contribution in [0.1, 0.15) is 26.3 Å². The van der Waals surface area contributed by atoms with Gasteiger partial charge in [-0.05, 0) is 16.3 Å². The Labute approximate surface area is 118 Å². The fourth-order valence-electron chi connectivity index (χ4n) is 2.77. The number of rotatable bonds is 5. The largest absolute Gasteiger partial charge is 0.0936 e. The molecular formula is C18H24Si. The molecular weight excluding hydrogens is 244 g/mol. The fraction of sp³-hybridized carbons (Fsp3) is 0.333. The van der Waals surface area contributed by atoms with Gasteiger partial charge in [-0.15, -0.1) is 0 Å². The molecule has 0 atom stereocenters. The Kier molecular flexibility index (Phi) is 4.59. The van der Waals surface area contributed by atoms with Gasteiger partial charge in [0.1, 0.15) is 0 Å². The predicted molar refractivity (Wildman–Crippen MR) is 90.2 cm³/mol. The summed E-state index contributed by atoms with van der Waals surface area (Å²) in [5.74, 6) is 0. The standard InChI is InChI=1S/C18H24Si/c1-4-19(5-2,6-3)15-14-17-12-9-11-16-10-7-8-13-18(16)17/h7-15H,4-6H2,1-3H3/b15-14+. The van der Waals surface area contributed by atoms with Crippen molar-refractivity contribution in [1.29, 1.82) is 0 Å². The molecule has 0 N–H and O–H groups in total. The molecule has 0 saturated heterocycles. The molecule has 0 fully saturated rings. The van der Waals surface area contributed by atoms with Crippen molar-refractivity contribution in [3.8, 4) is 0 Å². The van der Waals surface area contributed by atoms with Crippen LogP contribution in [0.3, 0.4) is 0 Å². The number of hydrogen-bond acceptors (Lipinski definition) is 0. The van der Waals surface area contributed by atoms with Crippen molar-refractivity contribution in [3.05, 3.63) is 53.7 Å². The van der Waals surface area contributed by atoms with E-state index in [-0.39, 0.29) is 0 Å². The average molecular weight is 268 g/mol. The first-order valence-electron chi connectivity index (χ1n) is 7.41. The highest BCUT2D eigenvalue weighted by atomic mass is 28.3. The van der Waals surface area contributed by atoms with E-state index in [0.717, 1.165) is 0 Å². The number of hydrogen-bond donors (Lipinski definition) is 0. The quantitative estimate of drug-likeness (QED) is 0.592. The molecule has 0 heterocycles. The second-order valence-electron chi connectivity index (χ2n) is 5.32. The van der Waals surface area contributed by atoms with E-state index < -0.39 is 8.07 Å². The molecule has 1 heteroatoms. The molecule has 0 nitrogen and oxygen atoms in total. The lowest BCUT2D eigenvalue weighted by molar-refractivity contribution is 1.20. The molecule has 0 aliphatic rings. The minimum atomic E-state index is -1.17. The summed E-state index contributed by atoms with van der Waals surface area (Å²) in [5.41, 5.74) is 3.93. The lowest BCUT2D eigenvalue weighted by atomic mass is 10.1. The summed E-state index contributed by atoms with van der Waals surface area (Å²) in [5, 5.41) is 2.70. The van der Waals surface area contributed by atoms with Crippen LogP contribution < -0.4 is 0 Å². The van der Waals surface area contributed by atoms with E-state index in [1.165, 1.54) is 34.5 Å². The minimum absolute atomic E-state index is 1.17. The Morgan fingerprint density at radius 1 is 0.842 bits per heavy atom. The molecule has 0 amide bonds. The summed E-state index contributed by atoms with van der Waals surface area (Å²) in [7, 11) is -1.17. The van der Waals surface area contributed by atoms with Crippen molar-refractivity contribution in [2.24, 2.45) is 0 Å². The lowest BCUT2D eigenvalue weighted by Crippen LogP contribution is -2.28. The van der Waals surface area contributed by atoms with Gasteiger partial charge in [0.05, 0.1) is 8.07 Å². The fourth-order valence-corrected chi connectivity index (χ4v) is 5.51. The summed E-state index contributed by atoms with van der Waals surface area (Å²) in [6.45, 7) is 7.06. The average Bonchev–Trinajstić information content (AvgIpc) is 2.49. The van der Waals surface area contributed by atoms with Gasteiger partial charge in [-0.2, -0.15) is 0 Å². The lowest BCUT2D eigenvalue weighted by Gasteiger charge is -2.23. The van der Waals surface area contributed by atoms with Crippen LogP contribution in [0.5, 0.6) is 0 Å². The Morgan fingerprint density at radius 2 is 1.47 bits per heavy atom. The predicted octanol–water partition coefficient (Wildman–Crippen LogP) is 5.90. The van der Waals surface area contributed by atoms with Crippen LogP contribution in [-0.4, -0.2) is 8.07 Å². The van der Waals surface area contributed by atoms with Crippen LogP contribution in [0.2, 0.25) is 18.1 Å². The highest BCUT2D eigenvalue weighted by Crippen LogP contribution is 2.25. The Hall–Kier alpha value is -1.34. The maximum Gasteiger partial charge on any atom is 0.0770 e. The normalized spacial score (nSPS) is 12.4. The summed E-state index contributed by atoms with van der Waals surface area (Å²) < 4.78 is 0. The number of benzene rings is 2. The maximum atomic E-state index is 2.56. The van der Waals surface area contributed by atoms with E-state index in [1.807, 2.05) is 0 Å². The van der Waals surface area contributed by atoms with Crippen LogP contribution in [0.4, 0.5) is 0 Å². The van der Waals surface area contributed by atoms with Crippen molar-refractivity contribution in [1.82, 2.24) is 0 Å². The van der Waals surface area contributed by atoms with E-state index in [1.54, 1.807) is 0 Å². The second kappa shape index (κ2) is 6.20. The van der Waals surface area contributed by atoms with Crippen molar-refractivity contribution in [3.63, 3.8) is 0 Å². The van der Waals surface area contributed by atoms with Gasteiger partial charge in [-0.25, -0.2) is 0 Å². The SMILES string of the molecule is CC[Si](/C=C/c1cccc2ccccc12)(CC)CC. The van der Waals surface area contributed by atoms with E-state index in [0.29, 0.717) is 0 Å².